The lowest BCUT2D eigenvalue weighted by Gasteiger charge is -2.32. The lowest BCUT2D eigenvalue weighted by atomic mass is 9.83. The lowest BCUT2D eigenvalue weighted by molar-refractivity contribution is -0.136. The Kier molecular flexibility index (Phi) is 4.32. The fourth-order valence-corrected chi connectivity index (χ4v) is 3.78. The summed E-state index contributed by atoms with van der Waals surface area (Å²) in [7, 11) is 3.10. The summed E-state index contributed by atoms with van der Waals surface area (Å²) in [6.07, 6.45) is 0.145. The molecule has 0 bridgehead atoms. The van der Waals surface area contributed by atoms with Crippen LogP contribution in [0.2, 0.25) is 0 Å². The molecular weight excluding hydrogens is 346 g/mol. The van der Waals surface area contributed by atoms with Gasteiger partial charge in [0.05, 0.1) is 25.5 Å². The molecule has 0 unspecified atom stereocenters. The Morgan fingerprint density at radius 1 is 1.00 bits per heavy atom. The SMILES string of the molecule is COc1cccc([C@@H]2CC(=O)N(c3ccccc3)C3=C2C(=O)OC3)c1OC. The summed E-state index contributed by atoms with van der Waals surface area (Å²) in [6, 6.07) is 14.8. The summed E-state index contributed by atoms with van der Waals surface area (Å²) in [4.78, 5) is 27.2. The van der Waals surface area contributed by atoms with E-state index in [4.69, 9.17) is 14.2 Å². The highest BCUT2D eigenvalue weighted by Gasteiger charge is 2.44. The Labute approximate surface area is 156 Å². The number of rotatable bonds is 4. The van der Waals surface area contributed by atoms with Crippen LogP contribution in [0.25, 0.3) is 0 Å². The molecule has 1 atom stereocenters. The van der Waals surface area contributed by atoms with Crippen LogP contribution in [0.15, 0.2) is 59.8 Å². The maximum atomic E-state index is 13.0. The van der Waals surface area contributed by atoms with Gasteiger partial charge in [-0.25, -0.2) is 4.79 Å². The third-order valence-electron chi connectivity index (χ3n) is 4.94. The Morgan fingerprint density at radius 2 is 1.78 bits per heavy atom. The predicted octanol–water partition coefficient (Wildman–Crippen LogP) is 3.04. The summed E-state index contributed by atoms with van der Waals surface area (Å²) in [5.74, 6) is 0.160. The van der Waals surface area contributed by atoms with Crippen LogP contribution in [0.1, 0.15) is 17.9 Å². The fraction of sp³-hybridized carbons (Fsp3) is 0.238. The van der Waals surface area contributed by atoms with E-state index in [-0.39, 0.29) is 18.9 Å². The molecule has 4 rings (SSSR count). The molecule has 0 N–H and O–H groups in total. The number of amides is 1. The summed E-state index contributed by atoms with van der Waals surface area (Å²) in [6.45, 7) is 0.0809. The molecule has 0 spiro atoms. The first-order chi connectivity index (χ1) is 13.2. The number of ether oxygens (including phenoxy) is 3. The standard InChI is InChI=1S/C21H19NO5/c1-25-17-10-6-9-14(20(17)26-2)15-11-18(23)22(13-7-4-3-5-8-13)16-12-27-21(24)19(15)16/h3-10,15H,11-12H2,1-2H3/t15-/m0/s1. The van der Waals surface area contributed by atoms with Gasteiger partial charge in [-0.05, 0) is 18.2 Å². The predicted molar refractivity (Wildman–Crippen MR) is 98.8 cm³/mol. The van der Waals surface area contributed by atoms with E-state index in [0.29, 0.717) is 22.8 Å². The number of hydrogen-bond donors (Lipinski definition) is 0. The molecule has 0 saturated carbocycles. The van der Waals surface area contributed by atoms with Gasteiger partial charge in [0.1, 0.15) is 6.61 Å². The van der Waals surface area contributed by atoms with Crippen LogP contribution in [-0.4, -0.2) is 32.7 Å². The molecule has 0 aromatic heterocycles. The van der Waals surface area contributed by atoms with Gasteiger partial charge in [-0.3, -0.25) is 9.69 Å². The minimum Gasteiger partial charge on any atom is -0.493 e. The first-order valence-corrected chi connectivity index (χ1v) is 8.64. The average molecular weight is 365 g/mol. The number of cyclic esters (lactones) is 1. The van der Waals surface area contributed by atoms with E-state index in [1.54, 1.807) is 25.2 Å². The van der Waals surface area contributed by atoms with Crippen LogP contribution in [0.3, 0.4) is 0 Å². The van der Waals surface area contributed by atoms with Crippen molar-refractivity contribution in [3.8, 4) is 11.5 Å². The zero-order valence-electron chi connectivity index (χ0n) is 15.1. The van der Waals surface area contributed by atoms with Crippen molar-refractivity contribution >= 4 is 17.6 Å². The Balaban J connectivity index is 1.87. The Morgan fingerprint density at radius 3 is 2.48 bits per heavy atom. The van der Waals surface area contributed by atoms with Gasteiger partial charge in [0.25, 0.3) is 0 Å². The monoisotopic (exact) mass is 365 g/mol. The third kappa shape index (κ3) is 2.73. The average Bonchev–Trinajstić information content (AvgIpc) is 3.08. The number of anilines is 1. The van der Waals surface area contributed by atoms with Gasteiger partial charge in [-0.15, -0.1) is 0 Å². The number of esters is 1. The lowest BCUT2D eigenvalue weighted by Crippen LogP contribution is -2.37. The number of nitrogens with zero attached hydrogens (tertiary/aromatic N) is 1. The number of hydrogen-bond acceptors (Lipinski definition) is 5. The Hall–Kier alpha value is -3.28. The van der Waals surface area contributed by atoms with Gasteiger partial charge < -0.3 is 14.2 Å². The maximum Gasteiger partial charge on any atom is 0.336 e. The zero-order valence-corrected chi connectivity index (χ0v) is 15.1. The second kappa shape index (κ2) is 6.79. The second-order valence-electron chi connectivity index (χ2n) is 6.34. The van der Waals surface area contributed by atoms with E-state index in [0.717, 1.165) is 11.3 Å². The van der Waals surface area contributed by atoms with Crippen LogP contribution >= 0.6 is 0 Å². The van der Waals surface area contributed by atoms with E-state index in [2.05, 4.69) is 0 Å². The van der Waals surface area contributed by atoms with Crippen molar-refractivity contribution in [1.82, 2.24) is 0 Å². The van der Waals surface area contributed by atoms with E-state index < -0.39 is 11.9 Å². The third-order valence-corrected chi connectivity index (χ3v) is 4.94. The maximum absolute atomic E-state index is 13.0. The highest BCUT2D eigenvalue weighted by molar-refractivity contribution is 6.06. The van der Waals surface area contributed by atoms with Gasteiger partial charge >= 0.3 is 5.97 Å². The minimum absolute atomic E-state index is 0.0809. The van der Waals surface area contributed by atoms with Gasteiger partial charge in [0.15, 0.2) is 11.5 Å². The molecule has 0 saturated heterocycles. The highest BCUT2D eigenvalue weighted by atomic mass is 16.5. The minimum atomic E-state index is -0.437. The van der Waals surface area contributed by atoms with Gasteiger partial charge in [-0.2, -0.15) is 0 Å². The van der Waals surface area contributed by atoms with Crippen molar-refractivity contribution in [1.29, 1.82) is 0 Å². The molecule has 27 heavy (non-hydrogen) atoms. The van der Waals surface area contributed by atoms with Crippen LogP contribution in [-0.2, 0) is 14.3 Å². The van der Waals surface area contributed by atoms with Gasteiger partial charge in [0, 0.05) is 23.6 Å². The van der Waals surface area contributed by atoms with Crippen LogP contribution in [0.4, 0.5) is 5.69 Å². The number of carbonyl (C=O) groups is 2. The summed E-state index contributed by atoms with van der Waals surface area (Å²) >= 11 is 0. The Bertz CT molecular complexity index is 935. The van der Waals surface area contributed by atoms with Crippen LogP contribution in [0.5, 0.6) is 11.5 Å². The molecule has 1 amide bonds. The molecule has 2 heterocycles. The molecule has 2 aliphatic heterocycles. The van der Waals surface area contributed by atoms with E-state index in [1.807, 2.05) is 42.5 Å². The van der Waals surface area contributed by atoms with Crippen molar-refractivity contribution in [2.45, 2.75) is 12.3 Å². The summed E-state index contributed by atoms with van der Waals surface area (Å²) in [5, 5.41) is 0. The largest absolute Gasteiger partial charge is 0.493 e. The molecule has 138 valence electrons. The first kappa shape index (κ1) is 17.1. The van der Waals surface area contributed by atoms with E-state index in [1.165, 1.54) is 0 Å². The summed E-state index contributed by atoms with van der Waals surface area (Å²) < 4.78 is 16.2. The number of carbonyl (C=O) groups excluding carboxylic acids is 2. The number of benzene rings is 2. The number of methoxy groups -OCH3 is 2. The topological polar surface area (TPSA) is 65.1 Å². The van der Waals surface area contributed by atoms with Crippen molar-refractivity contribution in [2.75, 3.05) is 25.7 Å². The van der Waals surface area contributed by atoms with Crippen molar-refractivity contribution in [2.24, 2.45) is 0 Å². The molecule has 0 radical (unpaired) electrons. The van der Waals surface area contributed by atoms with Crippen LogP contribution < -0.4 is 14.4 Å². The van der Waals surface area contributed by atoms with Crippen molar-refractivity contribution in [3.05, 3.63) is 65.4 Å². The van der Waals surface area contributed by atoms with Crippen molar-refractivity contribution in [3.63, 3.8) is 0 Å². The number of para-hydroxylation sites is 2. The molecule has 6 nitrogen and oxygen atoms in total. The van der Waals surface area contributed by atoms with Gasteiger partial charge in [0.2, 0.25) is 5.91 Å². The molecule has 2 aromatic rings. The normalized spacial score (nSPS) is 19.0. The van der Waals surface area contributed by atoms with Gasteiger partial charge in [-0.1, -0.05) is 30.3 Å². The molecule has 2 aromatic carbocycles. The molecule has 0 fully saturated rings. The van der Waals surface area contributed by atoms with E-state index >= 15 is 0 Å². The second-order valence-corrected chi connectivity index (χ2v) is 6.34. The zero-order chi connectivity index (χ0) is 19.0. The van der Waals surface area contributed by atoms with Crippen LogP contribution in [0, 0.1) is 0 Å². The quantitative estimate of drug-likeness (QED) is 0.779. The summed E-state index contributed by atoms with van der Waals surface area (Å²) in [5.41, 5.74) is 2.57. The molecular formula is C21H19NO5. The molecule has 6 heteroatoms. The molecule has 2 aliphatic rings. The van der Waals surface area contributed by atoms with E-state index in [9.17, 15) is 9.59 Å². The fourth-order valence-electron chi connectivity index (χ4n) is 3.78. The van der Waals surface area contributed by atoms with Crippen molar-refractivity contribution < 1.29 is 23.8 Å². The smallest absolute Gasteiger partial charge is 0.336 e. The highest BCUT2D eigenvalue weighted by Crippen LogP contribution is 2.46. The molecule has 0 aliphatic carbocycles. The first-order valence-electron chi connectivity index (χ1n) is 8.64.